The standard InChI is InChI=1S/C18H22N4O2/c1-13-19-10-11-22(13)16-8-4-2-6-14(16)12-20-18(24)15-7-3-5-9-17(23)21-15/h2,4,6,8,10-11,15H,3,5,7,9,12H2,1H3,(H,20,24)(H,21,23)/t15-/m0/s1. The van der Waals surface area contributed by atoms with E-state index in [0.717, 1.165) is 29.9 Å². The number of nitrogens with one attached hydrogen (secondary N) is 2. The predicted octanol–water partition coefficient (Wildman–Crippen LogP) is 1.86. The van der Waals surface area contributed by atoms with Crippen LogP contribution in [-0.4, -0.2) is 27.4 Å². The van der Waals surface area contributed by atoms with E-state index in [-0.39, 0.29) is 11.8 Å². The third-order valence-electron chi connectivity index (χ3n) is 4.33. The van der Waals surface area contributed by atoms with Crippen LogP contribution < -0.4 is 10.6 Å². The number of benzene rings is 1. The smallest absolute Gasteiger partial charge is 0.242 e. The number of hydrogen-bond acceptors (Lipinski definition) is 3. The Kier molecular flexibility index (Phi) is 4.93. The minimum Gasteiger partial charge on any atom is -0.350 e. The van der Waals surface area contributed by atoms with Gasteiger partial charge >= 0.3 is 0 Å². The maximum Gasteiger partial charge on any atom is 0.242 e. The van der Waals surface area contributed by atoms with Crippen molar-refractivity contribution in [3.8, 4) is 5.69 Å². The Morgan fingerprint density at radius 1 is 1.38 bits per heavy atom. The summed E-state index contributed by atoms with van der Waals surface area (Å²) in [6.07, 6.45) is 6.60. The molecule has 0 radical (unpaired) electrons. The fourth-order valence-electron chi connectivity index (χ4n) is 3.00. The summed E-state index contributed by atoms with van der Waals surface area (Å²) < 4.78 is 1.99. The number of carbonyl (C=O) groups excluding carboxylic acids is 2. The summed E-state index contributed by atoms with van der Waals surface area (Å²) in [5.74, 6) is 0.731. The molecule has 24 heavy (non-hydrogen) atoms. The van der Waals surface area contributed by atoms with Gasteiger partial charge in [-0.1, -0.05) is 24.6 Å². The Bertz CT molecular complexity index is 738. The Hall–Kier alpha value is -2.63. The van der Waals surface area contributed by atoms with E-state index < -0.39 is 6.04 Å². The van der Waals surface area contributed by atoms with E-state index in [2.05, 4.69) is 15.6 Å². The molecule has 1 aromatic heterocycles. The van der Waals surface area contributed by atoms with Crippen molar-refractivity contribution in [2.24, 2.45) is 0 Å². The van der Waals surface area contributed by atoms with Gasteiger partial charge in [0, 0.05) is 25.4 Å². The number of nitrogens with zero attached hydrogens (tertiary/aromatic N) is 2. The minimum atomic E-state index is -0.429. The molecule has 0 aliphatic carbocycles. The second kappa shape index (κ2) is 7.29. The Labute approximate surface area is 141 Å². The number of aromatic nitrogens is 2. The summed E-state index contributed by atoms with van der Waals surface area (Å²) in [5, 5.41) is 5.75. The van der Waals surface area contributed by atoms with Crippen LogP contribution in [0.2, 0.25) is 0 Å². The molecule has 6 nitrogen and oxygen atoms in total. The van der Waals surface area contributed by atoms with Crippen LogP contribution in [0, 0.1) is 6.92 Å². The van der Waals surface area contributed by atoms with E-state index in [1.807, 2.05) is 42.0 Å². The van der Waals surface area contributed by atoms with E-state index >= 15 is 0 Å². The van der Waals surface area contributed by atoms with Crippen LogP contribution in [0.15, 0.2) is 36.7 Å². The van der Waals surface area contributed by atoms with E-state index in [0.29, 0.717) is 19.4 Å². The summed E-state index contributed by atoms with van der Waals surface area (Å²) in [7, 11) is 0. The molecule has 1 aliphatic heterocycles. The van der Waals surface area contributed by atoms with Gasteiger partial charge in [-0.2, -0.15) is 0 Å². The second-order valence-corrected chi connectivity index (χ2v) is 6.06. The lowest BCUT2D eigenvalue weighted by Gasteiger charge is -2.17. The Balaban J connectivity index is 1.70. The van der Waals surface area contributed by atoms with Crippen LogP contribution >= 0.6 is 0 Å². The molecule has 6 heteroatoms. The molecule has 0 unspecified atom stereocenters. The highest BCUT2D eigenvalue weighted by molar-refractivity contribution is 5.87. The zero-order valence-electron chi connectivity index (χ0n) is 13.8. The van der Waals surface area contributed by atoms with Crippen molar-refractivity contribution in [3.63, 3.8) is 0 Å². The largest absolute Gasteiger partial charge is 0.350 e. The number of rotatable bonds is 4. The monoisotopic (exact) mass is 326 g/mol. The number of carbonyl (C=O) groups is 2. The summed E-state index contributed by atoms with van der Waals surface area (Å²) >= 11 is 0. The third-order valence-corrected chi connectivity index (χ3v) is 4.33. The third kappa shape index (κ3) is 3.64. The normalized spacial score (nSPS) is 17.9. The maximum atomic E-state index is 12.4. The van der Waals surface area contributed by atoms with Crippen LogP contribution in [0.3, 0.4) is 0 Å². The van der Waals surface area contributed by atoms with Crippen molar-refractivity contribution < 1.29 is 9.59 Å². The topological polar surface area (TPSA) is 76.0 Å². The van der Waals surface area contributed by atoms with Gasteiger partial charge in [0.15, 0.2) is 0 Å². The van der Waals surface area contributed by atoms with Gasteiger partial charge in [-0.15, -0.1) is 0 Å². The van der Waals surface area contributed by atoms with Gasteiger partial charge in [-0.3, -0.25) is 9.59 Å². The molecule has 2 amide bonds. The number of aryl methyl sites for hydroxylation is 1. The number of para-hydroxylation sites is 1. The highest BCUT2D eigenvalue weighted by Crippen LogP contribution is 2.16. The minimum absolute atomic E-state index is 0.0397. The summed E-state index contributed by atoms with van der Waals surface area (Å²) in [4.78, 5) is 28.3. The average molecular weight is 326 g/mol. The van der Waals surface area contributed by atoms with Gasteiger partial charge < -0.3 is 15.2 Å². The second-order valence-electron chi connectivity index (χ2n) is 6.06. The molecule has 1 aromatic carbocycles. The first kappa shape index (κ1) is 16.2. The Morgan fingerprint density at radius 3 is 3.00 bits per heavy atom. The van der Waals surface area contributed by atoms with Crippen LogP contribution in [0.25, 0.3) is 5.69 Å². The van der Waals surface area contributed by atoms with Gasteiger partial charge in [-0.05, 0) is 31.4 Å². The fourth-order valence-corrected chi connectivity index (χ4v) is 3.00. The number of hydrogen-bond donors (Lipinski definition) is 2. The first-order valence-electron chi connectivity index (χ1n) is 8.30. The lowest BCUT2D eigenvalue weighted by Crippen LogP contribution is -2.45. The molecular formula is C18H22N4O2. The van der Waals surface area contributed by atoms with Crippen LogP contribution in [0.4, 0.5) is 0 Å². The molecule has 1 saturated heterocycles. The van der Waals surface area contributed by atoms with Gasteiger partial charge in [0.2, 0.25) is 11.8 Å². The van der Waals surface area contributed by atoms with Crippen molar-refractivity contribution in [2.45, 2.75) is 45.2 Å². The van der Waals surface area contributed by atoms with Gasteiger partial charge in [0.25, 0.3) is 0 Å². The summed E-state index contributed by atoms with van der Waals surface area (Å²) in [6, 6.07) is 7.47. The molecule has 2 N–H and O–H groups in total. The lowest BCUT2D eigenvalue weighted by molar-refractivity contribution is -0.128. The van der Waals surface area contributed by atoms with Crippen molar-refractivity contribution in [1.29, 1.82) is 0 Å². The molecule has 126 valence electrons. The number of imidazole rings is 1. The molecule has 0 spiro atoms. The maximum absolute atomic E-state index is 12.4. The SMILES string of the molecule is Cc1nccn1-c1ccccc1CNC(=O)[C@@H]1CCCCC(=O)N1. The van der Waals surface area contributed by atoms with Crippen LogP contribution in [0.1, 0.15) is 37.1 Å². The molecule has 3 rings (SSSR count). The summed E-state index contributed by atoms with van der Waals surface area (Å²) in [6.45, 7) is 2.36. The predicted molar refractivity (Wildman–Crippen MR) is 90.5 cm³/mol. The van der Waals surface area contributed by atoms with E-state index in [9.17, 15) is 9.59 Å². The van der Waals surface area contributed by atoms with Crippen molar-refractivity contribution in [1.82, 2.24) is 20.2 Å². The van der Waals surface area contributed by atoms with E-state index in [4.69, 9.17) is 0 Å². The van der Waals surface area contributed by atoms with Crippen LogP contribution in [-0.2, 0) is 16.1 Å². The first-order valence-corrected chi connectivity index (χ1v) is 8.30. The molecule has 1 fully saturated rings. The molecule has 0 saturated carbocycles. The number of amides is 2. The summed E-state index contributed by atoms with van der Waals surface area (Å²) in [5.41, 5.74) is 2.00. The van der Waals surface area contributed by atoms with Crippen LogP contribution in [0.5, 0.6) is 0 Å². The first-order chi connectivity index (χ1) is 11.6. The van der Waals surface area contributed by atoms with Gasteiger partial charge in [0.05, 0.1) is 5.69 Å². The molecule has 0 bridgehead atoms. The quantitative estimate of drug-likeness (QED) is 0.900. The van der Waals surface area contributed by atoms with Crippen molar-refractivity contribution in [3.05, 3.63) is 48.0 Å². The highest BCUT2D eigenvalue weighted by Gasteiger charge is 2.22. The van der Waals surface area contributed by atoms with E-state index in [1.165, 1.54) is 0 Å². The van der Waals surface area contributed by atoms with E-state index in [1.54, 1.807) is 6.20 Å². The van der Waals surface area contributed by atoms with Gasteiger partial charge in [-0.25, -0.2) is 4.98 Å². The van der Waals surface area contributed by atoms with Crippen molar-refractivity contribution in [2.75, 3.05) is 0 Å². The zero-order valence-corrected chi connectivity index (χ0v) is 13.8. The molecular weight excluding hydrogens is 304 g/mol. The lowest BCUT2D eigenvalue weighted by atomic mass is 10.1. The Morgan fingerprint density at radius 2 is 2.21 bits per heavy atom. The highest BCUT2D eigenvalue weighted by atomic mass is 16.2. The molecule has 2 heterocycles. The molecule has 1 atom stereocenters. The molecule has 2 aromatic rings. The van der Waals surface area contributed by atoms with Gasteiger partial charge in [0.1, 0.15) is 11.9 Å². The average Bonchev–Trinajstić information content (AvgIpc) is 2.88. The fraction of sp³-hybridized carbons (Fsp3) is 0.389. The zero-order chi connectivity index (χ0) is 16.9. The van der Waals surface area contributed by atoms with Crippen molar-refractivity contribution >= 4 is 11.8 Å². The molecule has 1 aliphatic rings.